The van der Waals surface area contributed by atoms with Gasteiger partial charge in [0.15, 0.2) is 0 Å². The second kappa shape index (κ2) is 4.94. The number of hydrogen-bond acceptors (Lipinski definition) is 2. The fraction of sp³-hybridized carbons (Fsp3) is 0.636. The topological polar surface area (TPSA) is 27.9 Å². The normalized spacial score (nSPS) is 22.5. The average Bonchev–Trinajstić information content (AvgIpc) is 2.27. The van der Waals surface area contributed by atoms with Gasteiger partial charge in [0.25, 0.3) is 5.91 Å². The highest BCUT2D eigenvalue weighted by atomic mass is 16.2. The van der Waals surface area contributed by atoms with Gasteiger partial charge in [-0.1, -0.05) is 6.58 Å². The molecular weight excluding hydrogens is 190 g/mol. The third kappa shape index (κ3) is 2.57. The summed E-state index contributed by atoms with van der Waals surface area (Å²) in [6.07, 6.45) is 0.926. The maximum absolute atomic E-state index is 11.5. The molecule has 0 aromatic rings. The van der Waals surface area contributed by atoms with Crippen LogP contribution in [-0.2, 0) is 4.79 Å². The highest BCUT2D eigenvalue weighted by molar-refractivity contribution is 5.87. The molecule has 0 bridgehead atoms. The van der Waals surface area contributed by atoms with Crippen LogP contribution in [-0.4, -0.2) is 47.5 Å². The Balaban J connectivity index is 2.69. The molecule has 1 aliphatic heterocycles. The highest BCUT2D eigenvalue weighted by Crippen LogP contribution is 2.13. The summed E-state index contributed by atoms with van der Waals surface area (Å²) < 4.78 is 0. The molecule has 4 heteroatoms. The second-order valence-corrected chi connectivity index (χ2v) is 3.93. The minimum atomic E-state index is -0.355. The van der Waals surface area contributed by atoms with Crippen molar-refractivity contribution in [1.82, 2.24) is 9.80 Å². The maximum atomic E-state index is 11.5. The molecule has 0 aliphatic carbocycles. The molecule has 15 heavy (non-hydrogen) atoms. The van der Waals surface area contributed by atoms with Crippen molar-refractivity contribution in [3.63, 3.8) is 0 Å². The third-order valence-corrected chi connectivity index (χ3v) is 2.72. The Morgan fingerprint density at radius 1 is 1.60 bits per heavy atom. The highest BCUT2D eigenvalue weighted by Gasteiger charge is 2.33. The van der Waals surface area contributed by atoms with Crippen LogP contribution >= 0.6 is 0 Å². The van der Waals surface area contributed by atoms with Gasteiger partial charge in [0.1, 0.15) is 0 Å². The van der Waals surface area contributed by atoms with E-state index in [0.717, 1.165) is 6.54 Å². The summed E-state index contributed by atoms with van der Waals surface area (Å²) in [7, 11) is 0. The molecule has 0 spiro atoms. The van der Waals surface area contributed by atoms with Crippen molar-refractivity contribution in [3.05, 3.63) is 24.1 Å². The van der Waals surface area contributed by atoms with Crippen LogP contribution in [0.1, 0.15) is 13.8 Å². The first-order valence-electron chi connectivity index (χ1n) is 5.13. The molecule has 0 radical (unpaired) electrons. The van der Waals surface area contributed by atoms with E-state index in [9.17, 15) is 4.79 Å². The number of amides is 1. The Morgan fingerprint density at radius 2 is 2.27 bits per heavy atom. The summed E-state index contributed by atoms with van der Waals surface area (Å²) in [5.41, 5.74) is 0. The van der Waals surface area contributed by atoms with Crippen LogP contribution in [0, 0.1) is 6.57 Å². The van der Waals surface area contributed by atoms with Gasteiger partial charge in [-0.15, -0.1) is 0 Å². The SMILES string of the molecule is [C-]#[N+][C@H]1CN(C(C)C)CCN1C(=O)C=C. The number of piperazine rings is 1. The average molecular weight is 207 g/mol. The predicted octanol–water partition coefficient (Wildman–Crippen LogP) is 0.970. The summed E-state index contributed by atoms with van der Waals surface area (Å²) in [4.78, 5) is 18.8. The van der Waals surface area contributed by atoms with Crippen LogP contribution in [0.25, 0.3) is 4.85 Å². The molecule has 1 saturated heterocycles. The van der Waals surface area contributed by atoms with Crippen LogP contribution in [0.5, 0.6) is 0 Å². The van der Waals surface area contributed by atoms with E-state index in [1.165, 1.54) is 6.08 Å². The van der Waals surface area contributed by atoms with Crippen molar-refractivity contribution in [2.24, 2.45) is 0 Å². The summed E-state index contributed by atoms with van der Waals surface area (Å²) in [5.74, 6) is -0.139. The van der Waals surface area contributed by atoms with E-state index in [4.69, 9.17) is 6.57 Å². The number of carbonyl (C=O) groups excluding carboxylic acids is 1. The van der Waals surface area contributed by atoms with Gasteiger partial charge in [-0.25, -0.2) is 6.57 Å². The molecule has 4 nitrogen and oxygen atoms in total. The van der Waals surface area contributed by atoms with Crippen molar-refractivity contribution in [1.29, 1.82) is 0 Å². The monoisotopic (exact) mass is 207 g/mol. The number of hydrogen-bond donors (Lipinski definition) is 0. The molecule has 1 amide bonds. The zero-order valence-corrected chi connectivity index (χ0v) is 9.31. The van der Waals surface area contributed by atoms with E-state index in [2.05, 4.69) is 30.2 Å². The Morgan fingerprint density at radius 3 is 2.73 bits per heavy atom. The van der Waals surface area contributed by atoms with E-state index in [1.54, 1.807) is 4.90 Å². The molecular formula is C11H17N3O. The van der Waals surface area contributed by atoms with Gasteiger partial charge in [-0.2, -0.15) is 0 Å². The lowest BCUT2D eigenvalue weighted by Gasteiger charge is -2.36. The van der Waals surface area contributed by atoms with E-state index >= 15 is 0 Å². The molecule has 1 fully saturated rings. The summed E-state index contributed by atoms with van der Waals surface area (Å²) in [5, 5.41) is 0. The minimum Gasteiger partial charge on any atom is -0.290 e. The van der Waals surface area contributed by atoms with Crippen LogP contribution < -0.4 is 0 Å². The molecule has 0 aromatic carbocycles. The van der Waals surface area contributed by atoms with Gasteiger partial charge in [-0.3, -0.25) is 19.4 Å². The molecule has 1 atom stereocenters. The van der Waals surface area contributed by atoms with Crippen molar-refractivity contribution < 1.29 is 4.79 Å². The van der Waals surface area contributed by atoms with Crippen LogP contribution in [0.4, 0.5) is 0 Å². The van der Waals surface area contributed by atoms with Gasteiger partial charge in [0.05, 0.1) is 6.54 Å². The lowest BCUT2D eigenvalue weighted by Crippen LogP contribution is -2.55. The summed E-state index contributed by atoms with van der Waals surface area (Å²) in [6.45, 7) is 16.9. The van der Waals surface area contributed by atoms with Crippen LogP contribution in [0.3, 0.4) is 0 Å². The van der Waals surface area contributed by atoms with Crippen molar-refractivity contribution in [2.45, 2.75) is 26.1 Å². The number of carbonyl (C=O) groups is 1. The summed E-state index contributed by atoms with van der Waals surface area (Å²) in [6, 6.07) is 0.426. The number of nitrogens with zero attached hydrogens (tertiary/aromatic N) is 3. The van der Waals surface area contributed by atoms with Gasteiger partial charge < -0.3 is 0 Å². The van der Waals surface area contributed by atoms with E-state index in [0.29, 0.717) is 19.1 Å². The maximum Gasteiger partial charge on any atom is 0.313 e. The first-order valence-corrected chi connectivity index (χ1v) is 5.13. The fourth-order valence-electron chi connectivity index (χ4n) is 1.74. The van der Waals surface area contributed by atoms with Crippen molar-refractivity contribution >= 4 is 5.91 Å². The standard InChI is InChI=1S/C11H17N3O/c1-5-11(15)14-7-6-13(9(2)3)8-10(14)12-4/h5,9-10H,1,6-8H2,2-3H3/t10-/m1/s1. The molecule has 1 rings (SSSR count). The zero-order valence-electron chi connectivity index (χ0n) is 9.31. The Labute approximate surface area is 91.0 Å². The van der Waals surface area contributed by atoms with Crippen molar-refractivity contribution in [3.8, 4) is 0 Å². The van der Waals surface area contributed by atoms with E-state index < -0.39 is 0 Å². The molecule has 1 aliphatic rings. The Kier molecular flexibility index (Phi) is 3.87. The second-order valence-electron chi connectivity index (χ2n) is 3.93. The molecule has 0 saturated carbocycles. The Hall–Kier alpha value is -1.34. The molecule has 0 unspecified atom stereocenters. The fourth-order valence-corrected chi connectivity index (χ4v) is 1.74. The Bertz CT molecular complexity index is 293. The number of rotatable bonds is 2. The molecule has 82 valence electrons. The molecule has 1 heterocycles. The largest absolute Gasteiger partial charge is 0.313 e. The first kappa shape index (κ1) is 11.7. The smallest absolute Gasteiger partial charge is 0.290 e. The third-order valence-electron chi connectivity index (χ3n) is 2.72. The first-order chi connectivity index (χ1) is 7.10. The quantitative estimate of drug-likeness (QED) is 0.498. The zero-order chi connectivity index (χ0) is 11.4. The van der Waals surface area contributed by atoms with Gasteiger partial charge in [-0.05, 0) is 19.9 Å². The van der Waals surface area contributed by atoms with Crippen LogP contribution in [0.2, 0.25) is 0 Å². The molecule has 0 aromatic heterocycles. The van der Waals surface area contributed by atoms with Gasteiger partial charge in [0, 0.05) is 19.1 Å². The van der Waals surface area contributed by atoms with Gasteiger partial charge >= 0.3 is 6.17 Å². The van der Waals surface area contributed by atoms with Crippen molar-refractivity contribution in [2.75, 3.05) is 19.6 Å². The summed E-state index contributed by atoms with van der Waals surface area (Å²) >= 11 is 0. The van der Waals surface area contributed by atoms with Crippen LogP contribution in [0.15, 0.2) is 12.7 Å². The van der Waals surface area contributed by atoms with E-state index in [-0.39, 0.29) is 12.1 Å². The predicted molar refractivity (Wildman–Crippen MR) is 59.0 cm³/mol. The lowest BCUT2D eigenvalue weighted by molar-refractivity contribution is -0.129. The van der Waals surface area contributed by atoms with E-state index in [1.807, 2.05) is 0 Å². The van der Waals surface area contributed by atoms with Gasteiger partial charge in [0.2, 0.25) is 0 Å². The lowest BCUT2D eigenvalue weighted by atomic mass is 10.2. The molecule has 0 N–H and O–H groups in total. The minimum absolute atomic E-state index is 0.139.